The molecule has 0 N–H and O–H groups in total. The third-order valence-electron chi connectivity index (χ3n) is 2.63. The Morgan fingerprint density at radius 2 is 2.15 bits per heavy atom. The van der Waals surface area contributed by atoms with Gasteiger partial charge < -0.3 is 4.74 Å². The van der Waals surface area contributed by atoms with Gasteiger partial charge >= 0.3 is 0 Å². The number of rotatable bonds is 4. The summed E-state index contributed by atoms with van der Waals surface area (Å²) in [4.78, 5) is 11.0. The van der Waals surface area contributed by atoms with Crippen molar-refractivity contribution in [3.8, 4) is 11.8 Å². The average Bonchev–Trinajstić information content (AvgIpc) is 2.48. The molecular weight excluding hydrogens is 342 g/mol. The Kier molecular flexibility index (Phi) is 4.78. The van der Waals surface area contributed by atoms with E-state index in [-0.39, 0.29) is 6.61 Å². The number of benzene rings is 2. The van der Waals surface area contributed by atoms with Crippen LogP contribution in [0.15, 0.2) is 40.9 Å². The summed E-state index contributed by atoms with van der Waals surface area (Å²) >= 11 is 9.21. The van der Waals surface area contributed by atoms with Crippen LogP contribution in [-0.2, 0) is 6.61 Å². The lowest BCUT2D eigenvalue weighted by atomic mass is 10.1. The fourth-order valence-electron chi connectivity index (χ4n) is 1.65. The van der Waals surface area contributed by atoms with Crippen molar-refractivity contribution in [3.63, 3.8) is 0 Å². The highest BCUT2D eigenvalue weighted by molar-refractivity contribution is 9.10. The van der Waals surface area contributed by atoms with Crippen LogP contribution in [0, 0.1) is 11.3 Å². The van der Waals surface area contributed by atoms with Crippen LogP contribution in [0.25, 0.3) is 0 Å². The zero-order valence-corrected chi connectivity index (χ0v) is 12.6. The van der Waals surface area contributed by atoms with Crippen LogP contribution in [0.4, 0.5) is 0 Å². The van der Waals surface area contributed by atoms with Gasteiger partial charge in [0.15, 0.2) is 6.29 Å². The molecule has 0 aliphatic heterocycles. The van der Waals surface area contributed by atoms with Crippen LogP contribution in [0.1, 0.15) is 21.5 Å². The highest BCUT2D eigenvalue weighted by Crippen LogP contribution is 2.30. The molecule has 0 atom stereocenters. The van der Waals surface area contributed by atoms with Crippen molar-refractivity contribution in [2.45, 2.75) is 6.61 Å². The number of ether oxygens (including phenoxy) is 1. The zero-order valence-electron chi connectivity index (χ0n) is 10.3. The third-order valence-corrected chi connectivity index (χ3v) is 3.83. The van der Waals surface area contributed by atoms with Crippen LogP contribution in [0.3, 0.4) is 0 Å². The van der Waals surface area contributed by atoms with Crippen molar-refractivity contribution >= 4 is 33.8 Å². The molecule has 2 aromatic rings. The molecule has 0 aliphatic rings. The smallest absolute Gasteiger partial charge is 0.153 e. The number of hydrogen-bond donors (Lipinski definition) is 0. The van der Waals surface area contributed by atoms with Crippen LogP contribution in [0.5, 0.6) is 5.75 Å². The normalized spacial score (nSPS) is 9.85. The largest absolute Gasteiger partial charge is 0.488 e. The van der Waals surface area contributed by atoms with Gasteiger partial charge in [-0.25, -0.2) is 0 Å². The van der Waals surface area contributed by atoms with E-state index in [1.165, 1.54) is 0 Å². The van der Waals surface area contributed by atoms with Gasteiger partial charge in [-0.3, -0.25) is 4.79 Å². The molecule has 100 valence electrons. The molecule has 0 aliphatic carbocycles. The van der Waals surface area contributed by atoms with Crippen LogP contribution in [0.2, 0.25) is 5.02 Å². The number of nitriles is 1. The molecule has 5 heteroatoms. The second-order valence-corrected chi connectivity index (χ2v) is 5.28. The van der Waals surface area contributed by atoms with Gasteiger partial charge in [0.05, 0.1) is 22.2 Å². The molecule has 0 spiro atoms. The maximum Gasteiger partial charge on any atom is 0.153 e. The first-order valence-corrected chi connectivity index (χ1v) is 6.87. The third kappa shape index (κ3) is 3.38. The van der Waals surface area contributed by atoms with E-state index in [2.05, 4.69) is 22.0 Å². The summed E-state index contributed by atoms with van der Waals surface area (Å²) in [5.74, 6) is 0.443. The van der Waals surface area contributed by atoms with Crippen LogP contribution >= 0.6 is 27.5 Å². The van der Waals surface area contributed by atoms with E-state index < -0.39 is 0 Å². The van der Waals surface area contributed by atoms with Crippen molar-refractivity contribution in [3.05, 3.63) is 62.6 Å². The molecule has 0 heterocycles. The number of nitrogens with zero attached hydrogens (tertiary/aromatic N) is 1. The van der Waals surface area contributed by atoms with Gasteiger partial charge in [0.1, 0.15) is 12.4 Å². The Hall–Kier alpha value is -1.83. The Balaban J connectivity index is 2.20. The molecule has 0 bridgehead atoms. The van der Waals surface area contributed by atoms with E-state index >= 15 is 0 Å². The number of hydrogen-bond acceptors (Lipinski definition) is 3. The summed E-state index contributed by atoms with van der Waals surface area (Å²) < 4.78 is 6.28. The van der Waals surface area contributed by atoms with Gasteiger partial charge in [-0.05, 0) is 45.8 Å². The maximum absolute atomic E-state index is 11.0. The van der Waals surface area contributed by atoms with Crippen LogP contribution < -0.4 is 4.74 Å². The molecule has 0 fully saturated rings. The molecule has 0 unspecified atom stereocenters. The molecule has 2 aromatic carbocycles. The van der Waals surface area contributed by atoms with Gasteiger partial charge in [-0.15, -0.1) is 0 Å². The lowest BCUT2D eigenvalue weighted by Crippen LogP contribution is -1.99. The summed E-state index contributed by atoms with van der Waals surface area (Å²) in [5, 5.41) is 9.29. The summed E-state index contributed by atoms with van der Waals surface area (Å²) in [6, 6.07) is 12.4. The number of carbonyl (C=O) groups is 1. The quantitative estimate of drug-likeness (QED) is 0.770. The first-order valence-electron chi connectivity index (χ1n) is 5.70. The number of aldehydes is 1. The zero-order chi connectivity index (χ0) is 14.5. The molecule has 0 radical (unpaired) electrons. The summed E-state index contributed by atoms with van der Waals surface area (Å²) in [6.45, 7) is 0.268. The molecule has 20 heavy (non-hydrogen) atoms. The van der Waals surface area contributed by atoms with Gasteiger partial charge in [-0.2, -0.15) is 5.26 Å². The molecular formula is C15H9BrClNO2. The Labute approximate surface area is 129 Å². The first-order chi connectivity index (χ1) is 9.63. The number of carbonyl (C=O) groups excluding carboxylic acids is 1. The van der Waals surface area contributed by atoms with Crippen molar-refractivity contribution in [1.29, 1.82) is 5.26 Å². The van der Waals surface area contributed by atoms with Gasteiger partial charge in [0.25, 0.3) is 0 Å². The van der Waals surface area contributed by atoms with Crippen molar-refractivity contribution in [2.24, 2.45) is 0 Å². The Morgan fingerprint density at radius 3 is 2.85 bits per heavy atom. The van der Waals surface area contributed by atoms with E-state index in [0.717, 1.165) is 5.56 Å². The second-order valence-electron chi connectivity index (χ2n) is 4.02. The second kappa shape index (κ2) is 6.56. The van der Waals surface area contributed by atoms with E-state index in [1.54, 1.807) is 30.3 Å². The molecule has 0 aromatic heterocycles. The lowest BCUT2D eigenvalue weighted by molar-refractivity contribution is 0.111. The highest BCUT2D eigenvalue weighted by Gasteiger charge is 2.08. The predicted molar refractivity (Wildman–Crippen MR) is 80.0 cm³/mol. The molecule has 0 amide bonds. The fourth-order valence-corrected chi connectivity index (χ4v) is 2.15. The Bertz CT molecular complexity index is 695. The van der Waals surface area contributed by atoms with Gasteiger partial charge in [0.2, 0.25) is 0 Å². The van der Waals surface area contributed by atoms with Crippen molar-refractivity contribution in [1.82, 2.24) is 0 Å². The fraction of sp³-hybridized carbons (Fsp3) is 0.0667. The first kappa shape index (κ1) is 14.6. The molecule has 0 saturated heterocycles. The van der Waals surface area contributed by atoms with Gasteiger partial charge in [-0.1, -0.05) is 23.7 Å². The monoisotopic (exact) mass is 349 g/mol. The Morgan fingerprint density at radius 1 is 1.35 bits per heavy atom. The van der Waals surface area contributed by atoms with E-state index in [9.17, 15) is 4.79 Å². The minimum Gasteiger partial charge on any atom is -0.488 e. The summed E-state index contributed by atoms with van der Waals surface area (Å²) in [6.07, 6.45) is 0.694. The van der Waals surface area contributed by atoms with Gasteiger partial charge in [0, 0.05) is 4.47 Å². The minimum atomic E-state index is 0.268. The molecule has 3 nitrogen and oxygen atoms in total. The topological polar surface area (TPSA) is 50.1 Å². The maximum atomic E-state index is 11.0. The van der Waals surface area contributed by atoms with Crippen LogP contribution in [-0.4, -0.2) is 6.29 Å². The summed E-state index contributed by atoms with van der Waals surface area (Å²) in [7, 11) is 0. The number of halogens is 2. The van der Waals surface area contributed by atoms with Crippen molar-refractivity contribution in [2.75, 3.05) is 0 Å². The summed E-state index contributed by atoms with van der Waals surface area (Å²) in [5.41, 5.74) is 1.81. The predicted octanol–water partition coefficient (Wildman–Crippen LogP) is 4.37. The standard InChI is InChI=1S/C15H9BrClNO2/c16-13-6-15(12(8-19)5-14(13)17)20-9-11-3-1-2-10(4-11)7-18/h1-6,8H,9H2. The van der Waals surface area contributed by atoms with E-state index in [0.29, 0.717) is 32.7 Å². The average molecular weight is 351 g/mol. The van der Waals surface area contributed by atoms with E-state index in [1.807, 2.05) is 6.07 Å². The lowest BCUT2D eigenvalue weighted by Gasteiger charge is -2.10. The SMILES string of the molecule is N#Cc1cccc(COc2cc(Br)c(Cl)cc2C=O)c1. The molecule has 2 rings (SSSR count). The highest BCUT2D eigenvalue weighted by atomic mass is 79.9. The van der Waals surface area contributed by atoms with Crippen molar-refractivity contribution < 1.29 is 9.53 Å². The van der Waals surface area contributed by atoms with E-state index in [4.69, 9.17) is 21.6 Å². The molecule has 0 saturated carbocycles. The minimum absolute atomic E-state index is 0.268.